The average Bonchev–Trinajstić information content (AvgIpc) is 2.42. The van der Waals surface area contributed by atoms with Gasteiger partial charge < -0.3 is 5.32 Å². The normalized spacial score (nSPS) is 12.0. The number of aryl methyl sites for hydroxylation is 1. The van der Waals surface area contributed by atoms with Crippen LogP contribution in [0.4, 0.5) is 5.69 Å². The van der Waals surface area contributed by atoms with Crippen LogP contribution in [0.25, 0.3) is 0 Å². The Morgan fingerprint density at radius 3 is 2.60 bits per heavy atom. The minimum atomic E-state index is -0.134. The second-order valence-electron chi connectivity index (χ2n) is 4.62. The number of para-hydroxylation sites is 1. The topological polar surface area (TPSA) is 29.1 Å². The first-order valence-electron chi connectivity index (χ1n) is 6.29. The molecular weight excluding hydrogens is 338 g/mol. The number of hydrogen-bond acceptors (Lipinski definition) is 1. The van der Waals surface area contributed by atoms with Crippen LogP contribution in [0.1, 0.15) is 33.2 Å². The van der Waals surface area contributed by atoms with Gasteiger partial charge in [0.25, 0.3) is 5.91 Å². The summed E-state index contributed by atoms with van der Waals surface area (Å²) in [5.74, 6) is -0.134. The lowest BCUT2D eigenvalue weighted by Gasteiger charge is -2.13. The molecule has 2 aromatic rings. The quantitative estimate of drug-likeness (QED) is 0.741. The largest absolute Gasteiger partial charge is 0.322 e. The molecule has 1 amide bonds. The van der Waals surface area contributed by atoms with Crippen LogP contribution >= 0.6 is 27.5 Å². The number of carbonyl (C=O) groups is 1. The van der Waals surface area contributed by atoms with Gasteiger partial charge in [-0.25, -0.2) is 0 Å². The van der Waals surface area contributed by atoms with Crippen molar-refractivity contribution in [2.45, 2.75) is 18.7 Å². The highest BCUT2D eigenvalue weighted by molar-refractivity contribution is 9.09. The summed E-state index contributed by atoms with van der Waals surface area (Å²) in [6.45, 7) is 3.91. The van der Waals surface area contributed by atoms with Crippen molar-refractivity contribution < 1.29 is 4.79 Å². The highest BCUT2D eigenvalue weighted by Crippen LogP contribution is 2.29. The summed E-state index contributed by atoms with van der Waals surface area (Å²) in [7, 11) is 0. The van der Waals surface area contributed by atoms with Gasteiger partial charge in [0.05, 0.1) is 0 Å². The van der Waals surface area contributed by atoms with Gasteiger partial charge in [-0.1, -0.05) is 45.7 Å². The Morgan fingerprint density at radius 2 is 1.95 bits per heavy atom. The van der Waals surface area contributed by atoms with Crippen molar-refractivity contribution in [1.29, 1.82) is 0 Å². The van der Waals surface area contributed by atoms with E-state index in [-0.39, 0.29) is 10.7 Å². The highest BCUT2D eigenvalue weighted by Gasteiger charge is 2.12. The summed E-state index contributed by atoms with van der Waals surface area (Å²) in [6.07, 6.45) is 0. The van der Waals surface area contributed by atoms with Crippen LogP contribution in [0.5, 0.6) is 0 Å². The molecule has 0 saturated carbocycles. The Hall–Kier alpha value is -1.32. The Balaban J connectivity index is 2.26. The maximum atomic E-state index is 12.3. The zero-order chi connectivity index (χ0) is 14.7. The van der Waals surface area contributed by atoms with Crippen molar-refractivity contribution in [1.82, 2.24) is 0 Å². The molecule has 20 heavy (non-hydrogen) atoms. The molecule has 0 aliphatic heterocycles. The van der Waals surface area contributed by atoms with Crippen molar-refractivity contribution in [3.8, 4) is 0 Å². The summed E-state index contributed by atoms with van der Waals surface area (Å²) in [4.78, 5) is 12.5. The van der Waals surface area contributed by atoms with Crippen LogP contribution in [0.2, 0.25) is 5.02 Å². The molecule has 0 aliphatic rings. The van der Waals surface area contributed by atoms with E-state index in [1.165, 1.54) is 0 Å². The zero-order valence-corrected chi connectivity index (χ0v) is 13.6. The van der Waals surface area contributed by atoms with Gasteiger partial charge in [0.2, 0.25) is 0 Å². The molecule has 0 bridgehead atoms. The molecule has 1 atom stereocenters. The third-order valence-corrected chi connectivity index (χ3v) is 3.98. The molecule has 0 aliphatic carbocycles. The number of amides is 1. The van der Waals surface area contributed by atoms with Crippen molar-refractivity contribution in [3.63, 3.8) is 0 Å². The van der Waals surface area contributed by atoms with Crippen molar-refractivity contribution in [2.75, 3.05) is 5.32 Å². The predicted octanol–water partition coefficient (Wildman–Crippen LogP) is 5.36. The minimum absolute atomic E-state index is 0.134. The SMILES string of the molecule is Cc1cc(C(=O)Nc2ccccc2C(C)Br)ccc1Cl. The summed E-state index contributed by atoms with van der Waals surface area (Å²) >= 11 is 9.51. The number of anilines is 1. The molecule has 1 unspecified atom stereocenters. The van der Waals surface area contributed by atoms with Gasteiger partial charge in [0.1, 0.15) is 0 Å². The molecular formula is C16H15BrClNO. The first-order valence-corrected chi connectivity index (χ1v) is 7.59. The van der Waals surface area contributed by atoms with Crippen LogP contribution in [0, 0.1) is 6.92 Å². The highest BCUT2D eigenvalue weighted by atomic mass is 79.9. The minimum Gasteiger partial charge on any atom is -0.322 e. The second-order valence-corrected chi connectivity index (χ2v) is 6.40. The third-order valence-electron chi connectivity index (χ3n) is 3.06. The second kappa shape index (κ2) is 6.42. The number of benzene rings is 2. The monoisotopic (exact) mass is 351 g/mol. The lowest BCUT2D eigenvalue weighted by atomic mass is 10.1. The zero-order valence-electron chi connectivity index (χ0n) is 11.3. The maximum absolute atomic E-state index is 12.3. The molecule has 0 aromatic heterocycles. The van der Waals surface area contributed by atoms with Crippen molar-refractivity contribution in [2.24, 2.45) is 0 Å². The fourth-order valence-corrected chi connectivity index (χ4v) is 2.45. The van der Waals surface area contributed by atoms with Gasteiger partial charge in [-0.2, -0.15) is 0 Å². The van der Waals surface area contributed by atoms with Gasteiger partial charge in [0.15, 0.2) is 0 Å². The summed E-state index contributed by atoms with van der Waals surface area (Å²) < 4.78 is 0. The van der Waals surface area contributed by atoms with E-state index in [1.807, 2.05) is 38.1 Å². The number of nitrogens with one attached hydrogen (secondary N) is 1. The van der Waals surface area contributed by atoms with Gasteiger partial charge in [0, 0.05) is 21.1 Å². The Bertz CT molecular complexity index is 640. The molecule has 2 nitrogen and oxygen atoms in total. The van der Waals surface area contributed by atoms with Crippen LogP contribution in [0.3, 0.4) is 0 Å². The van der Waals surface area contributed by atoms with Crippen molar-refractivity contribution in [3.05, 3.63) is 64.2 Å². The molecule has 4 heteroatoms. The first-order chi connectivity index (χ1) is 9.49. The average molecular weight is 353 g/mol. The summed E-state index contributed by atoms with van der Waals surface area (Å²) in [5.41, 5.74) is 3.35. The maximum Gasteiger partial charge on any atom is 0.255 e. The number of hydrogen-bond donors (Lipinski definition) is 1. The smallest absolute Gasteiger partial charge is 0.255 e. The van der Waals surface area contributed by atoms with Gasteiger partial charge in [-0.15, -0.1) is 0 Å². The molecule has 0 radical (unpaired) electrons. The molecule has 0 fully saturated rings. The number of rotatable bonds is 3. The first kappa shape index (κ1) is 15.1. The standard InChI is InChI=1S/C16H15BrClNO/c1-10-9-12(7-8-14(10)18)16(20)19-15-6-4-3-5-13(15)11(2)17/h3-9,11H,1-2H3,(H,19,20). The molecule has 104 valence electrons. The van der Waals surface area contributed by atoms with E-state index in [2.05, 4.69) is 21.2 Å². The lowest BCUT2D eigenvalue weighted by molar-refractivity contribution is 0.102. The van der Waals surface area contributed by atoms with E-state index in [4.69, 9.17) is 11.6 Å². The van der Waals surface area contributed by atoms with Gasteiger partial charge in [-0.3, -0.25) is 4.79 Å². The number of alkyl halides is 1. The van der Waals surface area contributed by atoms with E-state index in [0.717, 1.165) is 16.8 Å². The van der Waals surface area contributed by atoms with Gasteiger partial charge in [-0.05, 0) is 49.2 Å². The van der Waals surface area contributed by atoms with E-state index in [0.29, 0.717) is 10.6 Å². The van der Waals surface area contributed by atoms with Crippen LogP contribution in [0.15, 0.2) is 42.5 Å². The predicted molar refractivity (Wildman–Crippen MR) is 87.9 cm³/mol. The molecule has 2 aromatic carbocycles. The third kappa shape index (κ3) is 3.41. The van der Waals surface area contributed by atoms with Crippen LogP contribution in [-0.4, -0.2) is 5.91 Å². The molecule has 0 heterocycles. The van der Waals surface area contributed by atoms with E-state index >= 15 is 0 Å². The molecule has 2 rings (SSSR count). The fourth-order valence-electron chi connectivity index (χ4n) is 1.94. The summed E-state index contributed by atoms with van der Waals surface area (Å²) in [5, 5.41) is 3.61. The fraction of sp³-hybridized carbons (Fsp3) is 0.188. The Morgan fingerprint density at radius 1 is 1.25 bits per heavy atom. The lowest BCUT2D eigenvalue weighted by Crippen LogP contribution is -2.13. The van der Waals surface area contributed by atoms with E-state index < -0.39 is 0 Å². The number of halogens is 2. The van der Waals surface area contributed by atoms with Crippen LogP contribution < -0.4 is 5.32 Å². The van der Waals surface area contributed by atoms with Crippen molar-refractivity contribution >= 4 is 39.1 Å². The Labute approximate surface area is 132 Å². The number of carbonyl (C=O) groups excluding carboxylic acids is 1. The summed E-state index contributed by atoms with van der Waals surface area (Å²) in [6, 6.07) is 13.0. The van der Waals surface area contributed by atoms with E-state index in [1.54, 1.807) is 18.2 Å². The van der Waals surface area contributed by atoms with Gasteiger partial charge >= 0.3 is 0 Å². The molecule has 0 saturated heterocycles. The van der Waals surface area contributed by atoms with E-state index in [9.17, 15) is 4.79 Å². The Kier molecular flexibility index (Phi) is 4.84. The molecule has 1 N–H and O–H groups in total. The van der Waals surface area contributed by atoms with Crippen LogP contribution in [-0.2, 0) is 0 Å². The molecule has 0 spiro atoms.